The van der Waals surface area contributed by atoms with Crippen LogP contribution in [0.2, 0.25) is 5.02 Å². The number of ether oxygens (including phenoxy) is 1. The number of fused-ring (bicyclic) bond motifs is 1. The Morgan fingerprint density at radius 3 is 2.56 bits per heavy atom. The Hall–Kier alpha value is -3.11. The van der Waals surface area contributed by atoms with Gasteiger partial charge in [0.25, 0.3) is 5.91 Å². The molecule has 0 atom stereocenters. The lowest BCUT2D eigenvalue weighted by atomic mass is 10.0. The second kappa shape index (κ2) is 7.25. The molecule has 0 fully saturated rings. The molecule has 0 aromatic heterocycles. The van der Waals surface area contributed by atoms with Crippen LogP contribution in [0, 0.1) is 5.82 Å². The van der Waals surface area contributed by atoms with Crippen molar-refractivity contribution >= 4 is 34.8 Å². The Balaban J connectivity index is 1.51. The number of halogens is 2. The third kappa shape index (κ3) is 3.57. The quantitative estimate of drug-likeness (QED) is 0.603. The Kier molecular flexibility index (Phi) is 4.65. The molecule has 1 aliphatic rings. The molecule has 1 amide bonds. The minimum absolute atomic E-state index is 0.0434. The highest BCUT2D eigenvalue weighted by Crippen LogP contribution is 2.33. The molecule has 1 heterocycles. The van der Waals surface area contributed by atoms with Gasteiger partial charge in [-0.05, 0) is 42.0 Å². The molecule has 0 saturated heterocycles. The molecule has 0 saturated carbocycles. The first kappa shape index (κ1) is 17.3. The van der Waals surface area contributed by atoms with Crippen LogP contribution < -0.4 is 10.1 Å². The molecule has 5 heteroatoms. The summed E-state index contributed by atoms with van der Waals surface area (Å²) in [4.78, 5) is 12.2. The zero-order valence-corrected chi connectivity index (χ0v) is 15.0. The molecular formula is C22H15ClFNO2. The molecule has 3 aromatic carbocycles. The van der Waals surface area contributed by atoms with Crippen LogP contribution in [0.15, 0.2) is 66.7 Å². The van der Waals surface area contributed by atoms with E-state index in [0.29, 0.717) is 21.9 Å². The average Bonchev–Trinajstić information content (AvgIpc) is 2.98. The fourth-order valence-electron chi connectivity index (χ4n) is 2.93. The van der Waals surface area contributed by atoms with E-state index in [4.69, 9.17) is 16.3 Å². The Morgan fingerprint density at radius 1 is 1.00 bits per heavy atom. The van der Waals surface area contributed by atoms with Gasteiger partial charge in [-0.3, -0.25) is 4.79 Å². The lowest BCUT2D eigenvalue weighted by Crippen LogP contribution is -2.03. The van der Waals surface area contributed by atoms with Gasteiger partial charge in [0.05, 0.1) is 5.02 Å². The van der Waals surface area contributed by atoms with Crippen molar-refractivity contribution in [3.63, 3.8) is 0 Å². The van der Waals surface area contributed by atoms with Crippen molar-refractivity contribution in [2.45, 2.75) is 6.61 Å². The Labute approximate surface area is 161 Å². The summed E-state index contributed by atoms with van der Waals surface area (Å²) in [5.41, 5.74) is 3.52. The lowest BCUT2D eigenvalue weighted by molar-refractivity contribution is -0.110. The fourth-order valence-corrected chi connectivity index (χ4v) is 3.15. The molecule has 134 valence electrons. The molecular weight excluding hydrogens is 365 g/mol. The van der Waals surface area contributed by atoms with Gasteiger partial charge in [0.1, 0.15) is 18.2 Å². The summed E-state index contributed by atoms with van der Waals surface area (Å²) in [5.74, 6) is 0.0771. The highest BCUT2D eigenvalue weighted by atomic mass is 35.5. The summed E-state index contributed by atoms with van der Waals surface area (Å²) in [6.07, 6.45) is 1.83. The van der Waals surface area contributed by atoms with Gasteiger partial charge in [-0.1, -0.05) is 48.0 Å². The second-order valence-electron chi connectivity index (χ2n) is 6.12. The fraction of sp³-hybridized carbons (Fsp3) is 0.0455. The number of benzene rings is 3. The van der Waals surface area contributed by atoms with Gasteiger partial charge in [-0.25, -0.2) is 4.39 Å². The van der Waals surface area contributed by atoms with E-state index in [0.717, 1.165) is 16.8 Å². The minimum Gasteiger partial charge on any atom is -0.489 e. The normalized spacial score (nSPS) is 14.1. The summed E-state index contributed by atoms with van der Waals surface area (Å²) in [6.45, 7) is 0.0434. The van der Waals surface area contributed by atoms with Crippen LogP contribution >= 0.6 is 11.6 Å². The number of anilines is 1. The number of nitrogens with one attached hydrogen (secondary N) is 1. The molecule has 0 spiro atoms. The van der Waals surface area contributed by atoms with E-state index >= 15 is 0 Å². The molecule has 0 radical (unpaired) electrons. The first-order valence-electron chi connectivity index (χ1n) is 8.40. The highest BCUT2D eigenvalue weighted by molar-refractivity contribution is 6.34. The van der Waals surface area contributed by atoms with Crippen molar-refractivity contribution in [2.24, 2.45) is 0 Å². The topological polar surface area (TPSA) is 38.3 Å². The molecule has 0 bridgehead atoms. The van der Waals surface area contributed by atoms with Crippen LogP contribution in [0.3, 0.4) is 0 Å². The maximum absolute atomic E-state index is 13.8. The predicted octanol–water partition coefficient (Wildman–Crippen LogP) is 5.55. The van der Waals surface area contributed by atoms with Gasteiger partial charge in [0, 0.05) is 22.4 Å². The molecule has 3 aromatic rings. The van der Waals surface area contributed by atoms with Gasteiger partial charge < -0.3 is 10.1 Å². The van der Waals surface area contributed by atoms with Gasteiger partial charge in [-0.2, -0.15) is 0 Å². The zero-order valence-electron chi connectivity index (χ0n) is 14.2. The molecule has 3 nitrogen and oxygen atoms in total. The molecule has 1 N–H and O–H groups in total. The van der Waals surface area contributed by atoms with Crippen LogP contribution in [0.1, 0.15) is 16.7 Å². The summed E-state index contributed by atoms with van der Waals surface area (Å²) in [6, 6.07) is 19.4. The number of hydrogen-bond acceptors (Lipinski definition) is 2. The monoisotopic (exact) mass is 379 g/mol. The second-order valence-corrected chi connectivity index (χ2v) is 6.52. The lowest BCUT2D eigenvalue weighted by Gasteiger charge is -2.09. The van der Waals surface area contributed by atoms with Gasteiger partial charge >= 0.3 is 0 Å². The third-order valence-electron chi connectivity index (χ3n) is 4.35. The summed E-state index contributed by atoms with van der Waals surface area (Å²) >= 11 is 6.01. The van der Waals surface area contributed by atoms with Crippen molar-refractivity contribution in [2.75, 3.05) is 5.32 Å². The van der Waals surface area contributed by atoms with Crippen molar-refractivity contribution in [1.29, 1.82) is 0 Å². The SMILES string of the molecule is O=C1Nc2ccccc2/C1=C\c1ccc(OCc2c(F)cccc2Cl)cc1. The first-order valence-corrected chi connectivity index (χ1v) is 8.78. The van der Waals surface area contributed by atoms with Gasteiger partial charge in [0.2, 0.25) is 0 Å². The summed E-state index contributed by atoms with van der Waals surface area (Å²) < 4.78 is 19.4. The predicted molar refractivity (Wildman–Crippen MR) is 105 cm³/mol. The van der Waals surface area contributed by atoms with E-state index in [9.17, 15) is 9.18 Å². The highest BCUT2D eigenvalue weighted by Gasteiger charge is 2.23. The standard InChI is InChI=1S/C22H15ClFNO2/c23-19-5-3-6-20(24)18(19)13-27-15-10-8-14(9-11-15)12-17-16-4-1-2-7-21(16)25-22(17)26/h1-12H,13H2,(H,25,26)/b17-12+. The number of carbonyl (C=O) groups is 1. The summed E-state index contributed by atoms with van der Waals surface area (Å²) in [7, 11) is 0. The van der Waals surface area contributed by atoms with Crippen molar-refractivity contribution in [1.82, 2.24) is 0 Å². The molecule has 1 aliphatic heterocycles. The first-order chi connectivity index (χ1) is 13.1. The average molecular weight is 380 g/mol. The number of amides is 1. The number of hydrogen-bond donors (Lipinski definition) is 1. The molecule has 0 aliphatic carbocycles. The van der Waals surface area contributed by atoms with Crippen LogP contribution in [-0.2, 0) is 11.4 Å². The van der Waals surface area contributed by atoms with Crippen LogP contribution in [0.5, 0.6) is 5.75 Å². The van der Waals surface area contributed by atoms with Crippen LogP contribution in [0.4, 0.5) is 10.1 Å². The van der Waals surface area contributed by atoms with E-state index in [1.54, 1.807) is 24.3 Å². The van der Waals surface area contributed by atoms with Crippen molar-refractivity contribution in [3.05, 3.63) is 94.3 Å². The maximum atomic E-state index is 13.8. The minimum atomic E-state index is -0.394. The van der Waals surface area contributed by atoms with Crippen LogP contribution in [-0.4, -0.2) is 5.91 Å². The van der Waals surface area contributed by atoms with Gasteiger partial charge in [-0.15, -0.1) is 0 Å². The van der Waals surface area contributed by atoms with E-state index in [1.165, 1.54) is 6.07 Å². The smallest absolute Gasteiger partial charge is 0.256 e. The summed E-state index contributed by atoms with van der Waals surface area (Å²) in [5, 5.41) is 3.18. The molecule has 0 unspecified atom stereocenters. The number of para-hydroxylation sites is 1. The Morgan fingerprint density at radius 2 is 1.78 bits per heavy atom. The van der Waals surface area contributed by atoms with E-state index < -0.39 is 5.82 Å². The van der Waals surface area contributed by atoms with Crippen molar-refractivity contribution in [3.8, 4) is 5.75 Å². The third-order valence-corrected chi connectivity index (χ3v) is 4.70. The largest absolute Gasteiger partial charge is 0.489 e. The molecule has 27 heavy (non-hydrogen) atoms. The van der Waals surface area contributed by atoms with E-state index in [2.05, 4.69) is 5.32 Å². The Bertz CT molecular complexity index is 1020. The number of rotatable bonds is 4. The van der Waals surface area contributed by atoms with E-state index in [-0.39, 0.29) is 12.5 Å². The van der Waals surface area contributed by atoms with Crippen LogP contribution in [0.25, 0.3) is 11.6 Å². The number of carbonyl (C=O) groups excluding carboxylic acids is 1. The van der Waals surface area contributed by atoms with E-state index in [1.807, 2.05) is 42.5 Å². The van der Waals surface area contributed by atoms with Crippen molar-refractivity contribution < 1.29 is 13.9 Å². The molecule has 4 rings (SSSR count). The zero-order chi connectivity index (χ0) is 18.8. The maximum Gasteiger partial charge on any atom is 0.256 e. The van der Waals surface area contributed by atoms with Gasteiger partial charge in [0.15, 0.2) is 0 Å².